The molecular formula is C17H19F3N2. The summed E-state index contributed by atoms with van der Waals surface area (Å²) in [6.45, 7) is 0. The lowest BCUT2D eigenvalue weighted by atomic mass is 9.67. The van der Waals surface area contributed by atoms with Gasteiger partial charge in [0.25, 0.3) is 0 Å². The molecule has 2 nitrogen and oxygen atoms in total. The Bertz CT molecular complexity index is 594. The number of nitrogens with one attached hydrogen (secondary N) is 1. The Morgan fingerprint density at radius 1 is 1.00 bits per heavy atom. The van der Waals surface area contributed by atoms with E-state index in [1.54, 1.807) is 18.3 Å². The lowest BCUT2D eigenvalue weighted by Gasteiger charge is -2.37. The van der Waals surface area contributed by atoms with Crippen LogP contribution in [-0.2, 0) is 18.0 Å². The third kappa shape index (κ3) is 3.03. The quantitative estimate of drug-likeness (QED) is 0.860. The molecular weight excluding hydrogens is 289 g/mol. The summed E-state index contributed by atoms with van der Waals surface area (Å²) in [7, 11) is 0. The van der Waals surface area contributed by atoms with Crippen LogP contribution in [0.2, 0.25) is 0 Å². The molecule has 0 spiro atoms. The Balaban J connectivity index is 1.92. The molecule has 1 N–H and O–H groups in total. The Labute approximate surface area is 127 Å². The van der Waals surface area contributed by atoms with Crippen LogP contribution in [0.1, 0.15) is 48.9 Å². The maximum atomic E-state index is 12.7. The fourth-order valence-corrected chi connectivity index (χ4v) is 3.54. The van der Waals surface area contributed by atoms with Crippen LogP contribution in [0, 0.1) is 0 Å². The molecule has 22 heavy (non-hydrogen) atoms. The van der Waals surface area contributed by atoms with E-state index in [1.807, 2.05) is 6.07 Å². The zero-order valence-corrected chi connectivity index (χ0v) is 12.3. The number of aromatic nitrogens is 2. The average Bonchev–Trinajstić information content (AvgIpc) is 3.00. The minimum absolute atomic E-state index is 0.0857. The van der Waals surface area contributed by atoms with E-state index in [4.69, 9.17) is 0 Å². The van der Waals surface area contributed by atoms with Gasteiger partial charge in [-0.15, -0.1) is 0 Å². The van der Waals surface area contributed by atoms with Crippen molar-refractivity contribution in [2.45, 2.75) is 50.1 Å². The molecule has 1 aromatic carbocycles. The fraction of sp³-hybridized carbons (Fsp3) is 0.471. The minimum atomic E-state index is -4.28. The third-order valence-electron chi connectivity index (χ3n) is 4.71. The lowest BCUT2D eigenvalue weighted by Crippen LogP contribution is -2.32. The molecule has 0 atom stereocenters. The highest BCUT2D eigenvalue weighted by Crippen LogP contribution is 2.42. The molecule has 3 rings (SSSR count). The average molecular weight is 308 g/mol. The first-order valence-electron chi connectivity index (χ1n) is 7.66. The molecule has 1 heterocycles. The zero-order chi connectivity index (χ0) is 15.6. The highest BCUT2D eigenvalue weighted by Gasteiger charge is 2.36. The van der Waals surface area contributed by atoms with Crippen LogP contribution in [0.15, 0.2) is 36.5 Å². The molecule has 1 aliphatic carbocycles. The first-order valence-corrected chi connectivity index (χ1v) is 7.66. The number of rotatable bonds is 3. The molecule has 1 aromatic heterocycles. The van der Waals surface area contributed by atoms with Crippen LogP contribution in [-0.4, -0.2) is 10.2 Å². The Morgan fingerprint density at radius 2 is 1.68 bits per heavy atom. The number of halogens is 3. The van der Waals surface area contributed by atoms with Gasteiger partial charge in [-0.05, 0) is 36.6 Å². The van der Waals surface area contributed by atoms with E-state index in [9.17, 15) is 13.2 Å². The summed E-state index contributed by atoms with van der Waals surface area (Å²) in [6.07, 6.45) is 3.73. The number of aromatic amines is 1. The van der Waals surface area contributed by atoms with Crippen LogP contribution in [0.4, 0.5) is 13.2 Å². The molecule has 118 valence electrons. The van der Waals surface area contributed by atoms with E-state index in [0.717, 1.165) is 43.4 Å². The third-order valence-corrected chi connectivity index (χ3v) is 4.71. The SMILES string of the molecule is FC(F)(F)c1ccc(C2(Cc3cc[nH]n3)CCCCC2)cc1. The molecule has 0 bridgehead atoms. The first kappa shape index (κ1) is 15.1. The largest absolute Gasteiger partial charge is 0.416 e. The van der Waals surface area contributed by atoms with Gasteiger partial charge >= 0.3 is 6.18 Å². The van der Waals surface area contributed by atoms with Gasteiger partial charge in [-0.2, -0.15) is 18.3 Å². The van der Waals surface area contributed by atoms with Gasteiger partial charge in [0.1, 0.15) is 0 Å². The van der Waals surface area contributed by atoms with Gasteiger partial charge in [0.2, 0.25) is 0 Å². The van der Waals surface area contributed by atoms with Crippen LogP contribution in [0.25, 0.3) is 0 Å². The van der Waals surface area contributed by atoms with Crippen molar-refractivity contribution in [1.82, 2.24) is 10.2 Å². The molecule has 0 radical (unpaired) electrons. The smallest absolute Gasteiger partial charge is 0.285 e. The summed E-state index contributed by atoms with van der Waals surface area (Å²) in [5, 5.41) is 7.05. The van der Waals surface area contributed by atoms with Crippen molar-refractivity contribution in [3.63, 3.8) is 0 Å². The van der Waals surface area contributed by atoms with Gasteiger partial charge in [-0.3, -0.25) is 5.10 Å². The summed E-state index contributed by atoms with van der Waals surface area (Å²) >= 11 is 0. The van der Waals surface area contributed by atoms with E-state index < -0.39 is 11.7 Å². The maximum absolute atomic E-state index is 12.7. The number of H-pyrrole nitrogens is 1. The molecule has 1 fully saturated rings. The van der Waals surface area contributed by atoms with Gasteiger partial charge in [0.15, 0.2) is 0 Å². The van der Waals surface area contributed by atoms with Crippen molar-refractivity contribution in [3.8, 4) is 0 Å². The molecule has 0 amide bonds. The van der Waals surface area contributed by atoms with Gasteiger partial charge in [-0.25, -0.2) is 0 Å². The molecule has 2 aromatic rings. The normalized spacial score (nSPS) is 18.3. The topological polar surface area (TPSA) is 28.7 Å². The summed E-state index contributed by atoms with van der Waals surface area (Å²) in [5.41, 5.74) is 1.31. The van der Waals surface area contributed by atoms with Crippen molar-refractivity contribution in [2.24, 2.45) is 0 Å². The summed E-state index contributed by atoms with van der Waals surface area (Å²) in [5.74, 6) is 0. The first-order chi connectivity index (χ1) is 10.5. The number of alkyl halides is 3. The van der Waals surface area contributed by atoms with E-state index in [2.05, 4.69) is 10.2 Å². The van der Waals surface area contributed by atoms with Crippen LogP contribution in [0.5, 0.6) is 0 Å². The van der Waals surface area contributed by atoms with Gasteiger partial charge in [0.05, 0.1) is 11.3 Å². The maximum Gasteiger partial charge on any atom is 0.416 e. The van der Waals surface area contributed by atoms with E-state index in [0.29, 0.717) is 0 Å². The summed E-state index contributed by atoms with van der Waals surface area (Å²) < 4.78 is 38.2. The predicted octanol–water partition coefficient (Wildman–Crippen LogP) is 4.87. The predicted molar refractivity (Wildman–Crippen MR) is 78.5 cm³/mol. The molecule has 0 saturated heterocycles. The highest BCUT2D eigenvalue weighted by molar-refractivity contribution is 5.32. The zero-order valence-electron chi connectivity index (χ0n) is 12.3. The van der Waals surface area contributed by atoms with E-state index in [1.165, 1.54) is 18.6 Å². The van der Waals surface area contributed by atoms with Gasteiger partial charge in [0, 0.05) is 18.0 Å². The number of nitrogens with zero attached hydrogens (tertiary/aromatic N) is 1. The second-order valence-corrected chi connectivity index (χ2v) is 6.16. The van der Waals surface area contributed by atoms with Crippen molar-refractivity contribution in [3.05, 3.63) is 53.3 Å². The second kappa shape index (κ2) is 5.78. The van der Waals surface area contributed by atoms with Crippen molar-refractivity contribution < 1.29 is 13.2 Å². The highest BCUT2D eigenvalue weighted by atomic mass is 19.4. The standard InChI is InChI=1S/C17H19F3N2/c18-17(19,20)14-6-4-13(5-7-14)16(9-2-1-3-10-16)12-15-8-11-21-22-15/h4-8,11H,1-3,9-10,12H2,(H,21,22). The Hall–Kier alpha value is -1.78. The van der Waals surface area contributed by atoms with E-state index >= 15 is 0 Å². The molecule has 5 heteroatoms. The lowest BCUT2D eigenvalue weighted by molar-refractivity contribution is -0.137. The van der Waals surface area contributed by atoms with E-state index in [-0.39, 0.29) is 5.41 Å². The monoisotopic (exact) mass is 308 g/mol. The van der Waals surface area contributed by atoms with Crippen molar-refractivity contribution in [2.75, 3.05) is 0 Å². The second-order valence-electron chi connectivity index (χ2n) is 6.16. The summed E-state index contributed by atoms with van der Waals surface area (Å²) in [6, 6.07) is 7.66. The van der Waals surface area contributed by atoms with Gasteiger partial charge in [-0.1, -0.05) is 31.4 Å². The van der Waals surface area contributed by atoms with Gasteiger partial charge < -0.3 is 0 Å². The molecule has 0 aliphatic heterocycles. The number of hydrogen-bond donors (Lipinski definition) is 1. The Morgan fingerprint density at radius 3 is 2.23 bits per heavy atom. The van der Waals surface area contributed by atoms with Crippen LogP contribution < -0.4 is 0 Å². The molecule has 1 saturated carbocycles. The Kier molecular flexibility index (Phi) is 3.98. The molecule has 1 aliphatic rings. The fourth-order valence-electron chi connectivity index (χ4n) is 3.54. The van der Waals surface area contributed by atoms with Crippen molar-refractivity contribution in [1.29, 1.82) is 0 Å². The number of benzene rings is 1. The molecule has 0 unspecified atom stereocenters. The van der Waals surface area contributed by atoms with Crippen molar-refractivity contribution >= 4 is 0 Å². The number of hydrogen-bond acceptors (Lipinski definition) is 1. The van der Waals surface area contributed by atoms with Crippen LogP contribution in [0.3, 0.4) is 0 Å². The summed E-state index contributed by atoms with van der Waals surface area (Å²) in [4.78, 5) is 0. The van der Waals surface area contributed by atoms with Crippen LogP contribution >= 0.6 is 0 Å². The minimum Gasteiger partial charge on any atom is -0.285 e.